The van der Waals surface area contributed by atoms with Crippen molar-refractivity contribution in [2.45, 2.75) is 49.8 Å². The summed E-state index contributed by atoms with van der Waals surface area (Å²) in [4.78, 5) is 0. The highest BCUT2D eigenvalue weighted by atomic mass is 35.5. The van der Waals surface area contributed by atoms with Crippen LogP contribution in [-0.4, -0.2) is 13.2 Å². The van der Waals surface area contributed by atoms with Crippen LogP contribution in [0.25, 0.3) is 0 Å². The van der Waals surface area contributed by atoms with Crippen molar-refractivity contribution < 1.29 is 4.74 Å². The molecule has 0 bridgehead atoms. The SMILES string of the molecule is ClC1COCCc2ccc(C3CCCCC3)cc21. The summed E-state index contributed by atoms with van der Waals surface area (Å²) < 4.78 is 5.54. The average molecular weight is 265 g/mol. The van der Waals surface area contributed by atoms with Crippen molar-refractivity contribution in [3.05, 3.63) is 34.9 Å². The number of rotatable bonds is 1. The van der Waals surface area contributed by atoms with Crippen LogP contribution in [0.3, 0.4) is 0 Å². The Kier molecular flexibility index (Phi) is 3.91. The number of fused-ring (bicyclic) bond motifs is 1. The summed E-state index contributed by atoms with van der Waals surface area (Å²) in [6, 6.07) is 6.96. The third-order valence-corrected chi connectivity index (χ3v) is 4.72. The molecular formula is C16H21ClO. The molecule has 1 unspecified atom stereocenters. The molecule has 0 amide bonds. The predicted molar refractivity (Wildman–Crippen MR) is 75.4 cm³/mol. The van der Waals surface area contributed by atoms with Gasteiger partial charge in [0, 0.05) is 0 Å². The highest BCUT2D eigenvalue weighted by Gasteiger charge is 2.20. The lowest BCUT2D eigenvalue weighted by atomic mass is 9.82. The van der Waals surface area contributed by atoms with Crippen molar-refractivity contribution in [3.8, 4) is 0 Å². The minimum Gasteiger partial charge on any atom is -0.379 e. The number of halogens is 1. The van der Waals surface area contributed by atoms with Crippen LogP contribution >= 0.6 is 11.6 Å². The van der Waals surface area contributed by atoms with Crippen LogP contribution in [0.4, 0.5) is 0 Å². The first kappa shape index (κ1) is 12.5. The second-order valence-electron chi connectivity index (χ2n) is 5.59. The van der Waals surface area contributed by atoms with Crippen LogP contribution in [0.5, 0.6) is 0 Å². The van der Waals surface area contributed by atoms with Gasteiger partial charge in [0.1, 0.15) is 0 Å². The number of benzene rings is 1. The minimum atomic E-state index is 0.0334. The zero-order valence-electron chi connectivity index (χ0n) is 10.8. The van der Waals surface area contributed by atoms with Crippen molar-refractivity contribution in [2.24, 2.45) is 0 Å². The standard InChI is InChI=1S/C16H21ClO/c17-16-11-18-9-8-13-6-7-14(10-15(13)16)12-4-2-1-3-5-12/h6-7,10,12,16H,1-5,8-9,11H2. The molecular weight excluding hydrogens is 244 g/mol. The molecule has 0 radical (unpaired) electrons. The lowest BCUT2D eigenvalue weighted by Crippen LogP contribution is -2.06. The molecule has 98 valence electrons. The van der Waals surface area contributed by atoms with E-state index in [1.807, 2.05) is 0 Å². The highest BCUT2D eigenvalue weighted by Crippen LogP contribution is 2.36. The van der Waals surface area contributed by atoms with Gasteiger partial charge in [-0.25, -0.2) is 0 Å². The topological polar surface area (TPSA) is 9.23 Å². The van der Waals surface area contributed by atoms with E-state index in [0.717, 1.165) is 18.9 Å². The summed E-state index contributed by atoms with van der Waals surface area (Å²) in [5, 5.41) is 0.0334. The Bertz CT molecular complexity index is 410. The fraction of sp³-hybridized carbons (Fsp3) is 0.625. The minimum absolute atomic E-state index is 0.0334. The van der Waals surface area contributed by atoms with Gasteiger partial charge < -0.3 is 4.74 Å². The Labute approximate surface area is 114 Å². The maximum absolute atomic E-state index is 6.44. The second-order valence-corrected chi connectivity index (χ2v) is 6.11. The van der Waals surface area contributed by atoms with Crippen LogP contribution in [0.1, 0.15) is 60.1 Å². The van der Waals surface area contributed by atoms with E-state index < -0.39 is 0 Å². The molecule has 0 N–H and O–H groups in total. The molecule has 0 spiro atoms. The van der Waals surface area contributed by atoms with Gasteiger partial charge in [-0.3, -0.25) is 0 Å². The molecule has 2 heteroatoms. The summed E-state index contributed by atoms with van der Waals surface area (Å²) in [7, 11) is 0. The summed E-state index contributed by atoms with van der Waals surface area (Å²) in [5.74, 6) is 0.761. The van der Waals surface area contributed by atoms with Gasteiger partial charge in [-0.1, -0.05) is 37.5 Å². The molecule has 1 aromatic carbocycles. The molecule has 3 rings (SSSR count). The Morgan fingerprint density at radius 1 is 1.11 bits per heavy atom. The number of hydrogen-bond acceptors (Lipinski definition) is 1. The van der Waals surface area contributed by atoms with Gasteiger partial charge in [0.2, 0.25) is 0 Å². The molecule has 1 nitrogen and oxygen atoms in total. The van der Waals surface area contributed by atoms with E-state index in [9.17, 15) is 0 Å². The van der Waals surface area contributed by atoms with Crippen LogP contribution in [-0.2, 0) is 11.2 Å². The molecule has 1 atom stereocenters. The van der Waals surface area contributed by atoms with Crippen LogP contribution in [0.2, 0.25) is 0 Å². The van der Waals surface area contributed by atoms with Gasteiger partial charge in [-0.2, -0.15) is 0 Å². The van der Waals surface area contributed by atoms with Gasteiger partial charge in [-0.05, 0) is 41.9 Å². The molecule has 1 aliphatic heterocycles. The third kappa shape index (κ3) is 2.57. The van der Waals surface area contributed by atoms with E-state index >= 15 is 0 Å². The van der Waals surface area contributed by atoms with Gasteiger partial charge in [0.15, 0.2) is 0 Å². The van der Waals surface area contributed by atoms with Crippen molar-refractivity contribution in [2.75, 3.05) is 13.2 Å². The molecule has 1 saturated carbocycles. The lowest BCUT2D eigenvalue weighted by molar-refractivity contribution is 0.143. The van der Waals surface area contributed by atoms with Gasteiger partial charge in [0.25, 0.3) is 0 Å². The van der Waals surface area contributed by atoms with Gasteiger partial charge >= 0.3 is 0 Å². The van der Waals surface area contributed by atoms with Crippen molar-refractivity contribution in [1.29, 1.82) is 0 Å². The largest absolute Gasteiger partial charge is 0.379 e. The van der Waals surface area contributed by atoms with E-state index in [4.69, 9.17) is 16.3 Å². The average Bonchev–Trinajstić information content (AvgIpc) is 2.62. The molecule has 18 heavy (non-hydrogen) atoms. The lowest BCUT2D eigenvalue weighted by Gasteiger charge is -2.23. The highest BCUT2D eigenvalue weighted by molar-refractivity contribution is 6.21. The number of hydrogen-bond donors (Lipinski definition) is 0. The summed E-state index contributed by atoms with van der Waals surface area (Å²) in [6.07, 6.45) is 7.88. The van der Waals surface area contributed by atoms with E-state index in [1.165, 1.54) is 48.8 Å². The van der Waals surface area contributed by atoms with Crippen molar-refractivity contribution in [3.63, 3.8) is 0 Å². The van der Waals surface area contributed by atoms with E-state index in [-0.39, 0.29) is 5.38 Å². The number of alkyl halides is 1. The molecule has 1 fully saturated rings. The van der Waals surface area contributed by atoms with Crippen LogP contribution < -0.4 is 0 Å². The maximum Gasteiger partial charge on any atom is 0.0821 e. The Hall–Kier alpha value is -0.530. The van der Waals surface area contributed by atoms with Crippen molar-refractivity contribution >= 4 is 11.6 Å². The smallest absolute Gasteiger partial charge is 0.0821 e. The first-order valence-electron chi connectivity index (χ1n) is 7.19. The van der Waals surface area contributed by atoms with Gasteiger partial charge in [-0.15, -0.1) is 11.6 Å². The van der Waals surface area contributed by atoms with Crippen molar-refractivity contribution in [1.82, 2.24) is 0 Å². The monoisotopic (exact) mass is 264 g/mol. The van der Waals surface area contributed by atoms with Crippen LogP contribution in [0.15, 0.2) is 18.2 Å². The zero-order valence-corrected chi connectivity index (χ0v) is 11.6. The first-order valence-corrected chi connectivity index (χ1v) is 7.63. The first-order chi connectivity index (χ1) is 8.84. The molecule has 0 aromatic heterocycles. The molecule has 0 saturated heterocycles. The van der Waals surface area contributed by atoms with E-state index in [2.05, 4.69) is 18.2 Å². The summed E-state index contributed by atoms with van der Waals surface area (Å²) in [6.45, 7) is 1.46. The summed E-state index contributed by atoms with van der Waals surface area (Å²) in [5.41, 5.74) is 4.20. The van der Waals surface area contributed by atoms with Crippen LogP contribution in [0, 0.1) is 0 Å². The molecule has 1 aliphatic carbocycles. The maximum atomic E-state index is 6.44. The van der Waals surface area contributed by atoms with E-state index in [0.29, 0.717) is 6.61 Å². The zero-order chi connectivity index (χ0) is 12.4. The molecule has 1 aromatic rings. The normalized spacial score (nSPS) is 25.5. The molecule has 2 aliphatic rings. The number of ether oxygens (including phenoxy) is 1. The quantitative estimate of drug-likeness (QED) is 0.675. The fourth-order valence-electron chi connectivity index (χ4n) is 3.28. The van der Waals surface area contributed by atoms with E-state index in [1.54, 1.807) is 0 Å². The summed E-state index contributed by atoms with van der Waals surface area (Å²) >= 11 is 6.44. The Balaban J connectivity index is 1.88. The fourth-order valence-corrected chi connectivity index (χ4v) is 3.57. The predicted octanol–water partition coefficient (Wildman–Crippen LogP) is 4.59. The second kappa shape index (κ2) is 5.63. The van der Waals surface area contributed by atoms with Gasteiger partial charge in [0.05, 0.1) is 18.6 Å². The Morgan fingerprint density at radius 2 is 1.94 bits per heavy atom. The Morgan fingerprint density at radius 3 is 2.78 bits per heavy atom. The molecule has 1 heterocycles. The third-order valence-electron chi connectivity index (χ3n) is 4.36.